The van der Waals surface area contributed by atoms with Gasteiger partial charge in [-0.15, -0.1) is 11.8 Å². The van der Waals surface area contributed by atoms with Gasteiger partial charge in [-0.2, -0.15) is 0 Å². The molecule has 5 nitrogen and oxygen atoms in total. The lowest BCUT2D eigenvalue weighted by molar-refractivity contribution is 0.0941. The van der Waals surface area contributed by atoms with Gasteiger partial charge in [0.2, 0.25) is 0 Å². The van der Waals surface area contributed by atoms with Crippen molar-refractivity contribution in [1.82, 2.24) is 15.6 Å². The van der Waals surface area contributed by atoms with Gasteiger partial charge in [0.25, 0.3) is 11.8 Å². The minimum atomic E-state index is -0.116. The minimum Gasteiger partial charge on any atom is -0.349 e. The fraction of sp³-hybridized carbons (Fsp3) is 0.208. The van der Waals surface area contributed by atoms with Crippen LogP contribution in [0, 0.1) is 0 Å². The molecule has 1 aliphatic carbocycles. The summed E-state index contributed by atoms with van der Waals surface area (Å²) in [5, 5.41) is 5.90. The molecule has 0 saturated heterocycles. The highest BCUT2D eigenvalue weighted by molar-refractivity contribution is 7.98. The van der Waals surface area contributed by atoms with Gasteiger partial charge in [0.15, 0.2) is 0 Å². The number of carbonyl (C=O) groups is 2. The molecule has 2 N–H and O–H groups in total. The molecule has 0 unspecified atom stereocenters. The van der Waals surface area contributed by atoms with Gasteiger partial charge in [0.05, 0.1) is 0 Å². The third-order valence-corrected chi connectivity index (χ3v) is 5.91. The molecule has 6 heteroatoms. The first-order valence-corrected chi connectivity index (χ1v) is 11.0. The predicted octanol–water partition coefficient (Wildman–Crippen LogP) is 4.20. The maximum atomic E-state index is 12.4. The Labute approximate surface area is 180 Å². The molecule has 0 atom stereocenters. The first-order valence-electron chi connectivity index (χ1n) is 9.97. The van der Waals surface area contributed by atoms with E-state index in [2.05, 4.69) is 15.6 Å². The Balaban J connectivity index is 1.25. The molecule has 0 aliphatic heterocycles. The summed E-state index contributed by atoms with van der Waals surface area (Å²) >= 11 is 1.71. The topological polar surface area (TPSA) is 71.1 Å². The van der Waals surface area contributed by atoms with Crippen LogP contribution in [0.4, 0.5) is 0 Å². The number of nitrogens with zero attached hydrogens (tertiary/aromatic N) is 1. The highest BCUT2D eigenvalue weighted by Crippen LogP contribution is 2.23. The highest BCUT2D eigenvalue weighted by atomic mass is 32.2. The fourth-order valence-corrected chi connectivity index (χ4v) is 3.74. The van der Waals surface area contributed by atoms with Crippen LogP contribution in [-0.4, -0.2) is 22.8 Å². The van der Waals surface area contributed by atoms with E-state index < -0.39 is 0 Å². The number of rotatable bonds is 8. The van der Waals surface area contributed by atoms with Crippen molar-refractivity contribution in [3.63, 3.8) is 0 Å². The summed E-state index contributed by atoms with van der Waals surface area (Å²) < 4.78 is 0. The van der Waals surface area contributed by atoms with Crippen molar-refractivity contribution in [2.45, 2.75) is 36.1 Å². The van der Waals surface area contributed by atoms with Gasteiger partial charge in [-0.3, -0.25) is 14.6 Å². The summed E-state index contributed by atoms with van der Waals surface area (Å²) in [5.74, 6) is 0.692. The smallest absolute Gasteiger partial charge is 0.251 e. The summed E-state index contributed by atoms with van der Waals surface area (Å²) in [5.41, 5.74) is 3.40. The van der Waals surface area contributed by atoms with Crippen molar-refractivity contribution < 1.29 is 9.59 Å². The number of hydrogen-bond acceptors (Lipinski definition) is 4. The molecular weight excluding hydrogens is 394 g/mol. The molecule has 2 amide bonds. The Hall–Kier alpha value is -3.12. The third kappa shape index (κ3) is 5.70. The monoisotopic (exact) mass is 417 g/mol. The minimum absolute atomic E-state index is 0.0328. The maximum absolute atomic E-state index is 12.4. The average molecular weight is 418 g/mol. The molecule has 1 saturated carbocycles. The largest absolute Gasteiger partial charge is 0.349 e. The zero-order valence-corrected chi connectivity index (χ0v) is 17.3. The van der Waals surface area contributed by atoms with Gasteiger partial charge in [0, 0.05) is 46.8 Å². The van der Waals surface area contributed by atoms with Gasteiger partial charge in [-0.1, -0.05) is 18.2 Å². The third-order valence-electron chi connectivity index (χ3n) is 4.83. The van der Waals surface area contributed by atoms with E-state index in [9.17, 15) is 9.59 Å². The SMILES string of the molecule is O=C(NCc1ccc(C(=O)NC2CC2)cc1)c1ccc(SCc2cccnc2)cc1. The summed E-state index contributed by atoms with van der Waals surface area (Å²) in [7, 11) is 0. The van der Waals surface area contributed by atoms with Crippen molar-refractivity contribution in [3.05, 3.63) is 95.3 Å². The molecule has 152 valence electrons. The molecule has 2 aromatic carbocycles. The molecular formula is C24H23N3O2S. The standard InChI is InChI=1S/C24H23N3O2S/c28-23(19-7-11-22(12-8-19)30-16-18-2-1-13-25-14-18)26-15-17-3-5-20(6-4-17)24(29)27-21-9-10-21/h1-8,11-14,21H,9-10,15-16H2,(H,26,28)(H,27,29). The van der Waals surface area contributed by atoms with Crippen LogP contribution in [0.25, 0.3) is 0 Å². The average Bonchev–Trinajstić information content (AvgIpc) is 3.61. The van der Waals surface area contributed by atoms with Crippen molar-refractivity contribution in [2.75, 3.05) is 0 Å². The Bertz CT molecular complexity index is 1000. The normalized spacial score (nSPS) is 12.9. The summed E-state index contributed by atoms with van der Waals surface area (Å²) in [4.78, 5) is 29.7. The van der Waals surface area contributed by atoms with E-state index in [0.717, 1.165) is 29.1 Å². The van der Waals surface area contributed by atoms with Crippen LogP contribution in [0.15, 0.2) is 78.0 Å². The lowest BCUT2D eigenvalue weighted by atomic mass is 10.1. The van der Waals surface area contributed by atoms with Crippen molar-refractivity contribution in [2.24, 2.45) is 0 Å². The van der Waals surface area contributed by atoms with Gasteiger partial charge in [-0.25, -0.2) is 0 Å². The number of nitrogens with one attached hydrogen (secondary N) is 2. The first-order chi connectivity index (χ1) is 14.7. The maximum Gasteiger partial charge on any atom is 0.251 e. The molecule has 1 heterocycles. The Kier molecular flexibility index (Phi) is 6.44. The summed E-state index contributed by atoms with van der Waals surface area (Å²) in [6, 6.07) is 19.3. The fourth-order valence-electron chi connectivity index (χ4n) is 2.91. The van der Waals surface area contributed by atoms with Crippen LogP contribution in [0.5, 0.6) is 0 Å². The number of amides is 2. The van der Waals surface area contributed by atoms with Crippen LogP contribution in [0.2, 0.25) is 0 Å². The van der Waals surface area contributed by atoms with Crippen LogP contribution in [0.1, 0.15) is 44.7 Å². The Morgan fingerprint density at radius 2 is 1.60 bits per heavy atom. The van der Waals surface area contributed by atoms with E-state index in [1.165, 1.54) is 5.56 Å². The van der Waals surface area contributed by atoms with Gasteiger partial charge < -0.3 is 10.6 Å². The van der Waals surface area contributed by atoms with Gasteiger partial charge in [0.1, 0.15) is 0 Å². The molecule has 3 aromatic rings. The number of pyridine rings is 1. The molecule has 1 fully saturated rings. The van der Waals surface area contributed by atoms with Crippen molar-refractivity contribution in [3.8, 4) is 0 Å². The molecule has 1 aliphatic rings. The predicted molar refractivity (Wildman–Crippen MR) is 118 cm³/mol. The second kappa shape index (κ2) is 9.59. The zero-order chi connectivity index (χ0) is 20.8. The van der Waals surface area contributed by atoms with E-state index in [-0.39, 0.29) is 11.8 Å². The van der Waals surface area contributed by atoms with Crippen LogP contribution >= 0.6 is 11.8 Å². The van der Waals surface area contributed by atoms with Crippen LogP contribution in [-0.2, 0) is 12.3 Å². The molecule has 30 heavy (non-hydrogen) atoms. The highest BCUT2D eigenvalue weighted by Gasteiger charge is 2.23. The molecule has 1 aromatic heterocycles. The van der Waals surface area contributed by atoms with E-state index >= 15 is 0 Å². The second-order valence-electron chi connectivity index (χ2n) is 7.30. The van der Waals surface area contributed by atoms with E-state index in [0.29, 0.717) is 23.7 Å². The van der Waals surface area contributed by atoms with Gasteiger partial charge >= 0.3 is 0 Å². The number of benzene rings is 2. The lowest BCUT2D eigenvalue weighted by Crippen LogP contribution is -2.25. The number of thioether (sulfide) groups is 1. The van der Waals surface area contributed by atoms with Crippen molar-refractivity contribution >= 4 is 23.6 Å². The summed E-state index contributed by atoms with van der Waals surface area (Å²) in [6.45, 7) is 0.418. The number of aromatic nitrogens is 1. The number of hydrogen-bond donors (Lipinski definition) is 2. The first kappa shape index (κ1) is 20.2. The van der Waals surface area contributed by atoms with Crippen molar-refractivity contribution in [1.29, 1.82) is 0 Å². The zero-order valence-electron chi connectivity index (χ0n) is 16.5. The van der Waals surface area contributed by atoms with E-state index in [1.54, 1.807) is 30.1 Å². The van der Waals surface area contributed by atoms with Crippen LogP contribution < -0.4 is 10.6 Å². The molecule has 0 radical (unpaired) electrons. The lowest BCUT2D eigenvalue weighted by Gasteiger charge is -2.08. The summed E-state index contributed by atoms with van der Waals surface area (Å²) in [6.07, 6.45) is 5.77. The molecule has 4 rings (SSSR count). The van der Waals surface area contributed by atoms with E-state index in [1.807, 2.05) is 54.7 Å². The van der Waals surface area contributed by atoms with E-state index in [4.69, 9.17) is 0 Å². The number of carbonyl (C=O) groups excluding carboxylic acids is 2. The quantitative estimate of drug-likeness (QED) is 0.539. The van der Waals surface area contributed by atoms with Crippen LogP contribution in [0.3, 0.4) is 0 Å². The van der Waals surface area contributed by atoms with Gasteiger partial charge in [-0.05, 0) is 66.4 Å². The Morgan fingerprint density at radius 1 is 0.900 bits per heavy atom. The molecule has 0 spiro atoms. The Morgan fingerprint density at radius 3 is 2.27 bits per heavy atom. The molecule has 0 bridgehead atoms. The second-order valence-corrected chi connectivity index (χ2v) is 8.35.